The van der Waals surface area contributed by atoms with Gasteiger partial charge in [-0.05, 0) is 20.0 Å². The standard InChI is InChI=1S/C12H19NO3/c1-4-15-9-16-12-10(8-13-2)6-5-7-11(12)14-3/h5-7,13H,4,8-9H2,1-3H3. The van der Waals surface area contributed by atoms with Gasteiger partial charge in [-0.15, -0.1) is 0 Å². The van der Waals surface area contributed by atoms with Crippen LogP contribution < -0.4 is 14.8 Å². The lowest BCUT2D eigenvalue weighted by atomic mass is 10.2. The monoisotopic (exact) mass is 225 g/mol. The highest BCUT2D eigenvalue weighted by molar-refractivity contribution is 5.46. The van der Waals surface area contributed by atoms with Gasteiger partial charge in [0.2, 0.25) is 0 Å². The Morgan fingerprint density at radius 3 is 2.75 bits per heavy atom. The number of methoxy groups -OCH3 is 1. The highest BCUT2D eigenvalue weighted by atomic mass is 16.7. The Morgan fingerprint density at radius 1 is 1.31 bits per heavy atom. The largest absolute Gasteiger partial charge is 0.493 e. The van der Waals surface area contributed by atoms with Crippen molar-refractivity contribution in [3.8, 4) is 11.5 Å². The molecule has 0 saturated carbocycles. The fourth-order valence-corrected chi connectivity index (χ4v) is 1.40. The summed E-state index contributed by atoms with van der Waals surface area (Å²) in [6.07, 6.45) is 0. The van der Waals surface area contributed by atoms with Crippen LogP contribution >= 0.6 is 0 Å². The molecule has 0 atom stereocenters. The summed E-state index contributed by atoms with van der Waals surface area (Å²) in [5, 5.41) is 3.09. The molecular formula is C12H19NO3. The molecule has 90 valence electrons. The number of hydrogen-bond donors (Lipinski definition) is 1. The summed E-state index contributed by atoms with van der Waals surface area (Å²) >= 11 is 0. The molecule has 0 aliphatic rings. The smallest absolute Gasteiger partial charge is 0.189 e. The van der Waals surface area contributed by atoms with E-state index in [1.54, 1.807) is 7.11 Å². The van der Waals surface area contributed by atoms with Crippen molar-refractivity contribution in [1.29, 1.82) is 0 Å². The van der Waals surface area contributed by atoms with Crippen LogP contribution in [0.3, 0.4) is 0 Å². The Hall–Kier alpha value is -1.26. The second kappa shape index (κ2) is 7.09. The minimum atomic E-state index is 0.244. The van der Waals surface area contributed by atoms with Crippen LogP contribution in [0.25, 0.3) is 0 Å². The van der Waals surface area contributed by atoms with Crippen LogP contribution in [0.15, 0.2) is 18.2 Å². The van der Waals surface area contributed by atoms with Gasteiger partial charge in [0.1, 0.15) is 0 Å². The zero-order valence-electron chi connectivity index (χ0n) is 10.1. The van der Waals surface area contributed by atoms with E-state index in [1.807, 2.05) is 32.2 Å². The first-order valence-corrected chi connectivity index (χ1v) is 5.34. The number of nitrogens with one attached hydrogen (secondary N) is 1. The third-order valence-corrected chi connectivity index (χ3v) is 2.14. The molecule has 0 aliphatic heterocycles. The van der Waals surface area contributed by atoms with E-state index in [-0.39, 0.29) is 6.79 Å². The summed E-state index contributed by atoms with van der Waals surface area (Å²) < 4.78 is 16.0. The van der Waals surface area contributed by atoms with E-state index in [4.69, 9.17) is 14.2 Å². The van der Waals surface area contributed by atoms with E-state index in [0.717, 1.165) is 23.6 Å². The van der Waals surface area contributed by atoms with E-state index >= 15 is 0 Å². The Kier molecular flexibility index (Phi) is 5.67. The minimum Gasteiger partial charge on any atom is -0.493 e. The van der Waals surface area contributed by atoms with Crippen LogP contribution in [0.5, 0.6) is 11.5 Å². The van der Waals surface area contributed by atoms with E-state index in [9.17, 15) is 0 Å². The van der Waals surface area contributed by atoms with Crippen molar-refractivity contribution in [2.45, 2.75) is 13.5 Å². The first-order chi connectivity index (χ1) is 7.83. The second-order valence-corrected chi connectivity index (χ2v) is 3.23. The molecule has 1 N–H and O–H groups in total. The number of ether oxygens (including phenoxy) is 3. The van der Waals surface area contributed by atoms with Crippen LogP contribution in [-0.4, -0.2) is 27.6 Å². The maximum atomic E-state index is 5.56. The molecule has 16 heavy (non-hydrogen) atoms. The second-order valence-electron chi connectivity index (χ2n) is 3.23. The van der Waals surface area contributed by atoms with E-state index in [0.29, 0.717) is 6.61 Å². The third-order valence-electron chi connectivity index (χ3n) is 2.14. The van der Waals surface area contributed by atoms with Gasteiger partial charge < -0.3 is 19.5 Å². The molecule has 0 unspecified atom stereocenters. The van der Waals surface area contributed by atoms with Crippen molar-refractivity contribution < 1.29 is 14.2 Å². The molecule has 1 rings (SSSR count). The number of rotatable bonds is 7. The molecule has 0 radical (unpaired) electrons. The Balaban J connectivity index is 2.81. The fourth-order valence-electron chi connectivity index (χ4n) is 1.40. The molecule has 0 spiro atoms. The maximum absolute atomic E-state index is 5.56. The van der Waals surface area contributed by atoms with Crippen LogP contribution in [0.1, 0.15) is 12.5 Å². The van der Waals surface area contributed by atoms with Gasteiger partial charge in [-0.1, -0.05) is 12.1 Å². The quantitative estimate of drug-likeness (QED) is 0.567. The van der Waals surface area contributed by atoms with Crippen molar-refractivity contribution in [2.24, 2.45) is 0 Å². The van der Waals surface area contributed by atoms with Crippen LogP contribution in [-0.2, 0) is 11.3 Å². The number of benzene rings is 1. The van der Waals surface area contributed by atoms with Gasteiger partial charge in [0.15, 0.2) is 18.3 Å². The molecule has 1 aromatic carbocycles. The summed E-state index contributed by atoms with van der Waals surface area (Å²) in [7, 11) is 3.53. The van der Waals surface area contributed by atoms with Gasteiger partial charge in [0.05, 0.1) is 7.11 Å². The molecule has 0 aliphatic carbocycles. The molecule has 4 nitrogen and oxygen atoms in total. The summed E-state index contributed by atoms with van der Waals surface area (Å²) in [5.74, 6) is 1.47. The average Bonchev–Trinajstić information content (AvgIpc) is 2.31. The van der Waals surface area contributed by atoms with E-state index < -0.39 is 0 Å². The molecule has 1 aromatic rings. The van der Waals surface area contributed by atoms with E-state index in [1.165, 1.54) is 0 Å². The molecule has 0 aromatic heterocycles. The first kappa shape index (κ1) is 12.8. The summed E-state index contributed by atoms with van der Waals surface area (Å²) in [4.78, 5) is 0. The fraction of sp³-hybridized carbons (Fsp3) is 0.500. The van der Waals surface area contributed by atoms with Crippen molar-refractivity contribution in [2.75, 3.05) is 27.6 Å². The van der Waals surface area contributed by atoms with Gasteiger partial charge in [-0.2, -0.15) is 0 Å². The third kappa shape index (κ3) is 3.40. The van der Waals surface area contributed by atoms with Crippen LogP contribution in [0.4, 0.5) is 0 Å². The summed E-state index contributed by atoms with van der Waals surface area (Å²) in [6, 6.07) is 5.82. The van der Waals surface area contributed by atoms with Crippen molar-refractivity contribution in [1.82, 2.24) is 5.32 Å². The highest BCUT2D eigenvalue weighted by Gasteiger charge is 2.09. The van der Waals surface area contributed by atoms with Gasteiger partial charge in [-0.3, -0.25) is 0 Å². The topological polar surface area (TPSA) is 39.7 Å². The lowest BCUT2D eigenvalue weighted by Gasteiger charge is -2.14. The zero-order valence-corrected chi connectivity index (χ0v) is 10.1. The van der Waals surface area contributed by atoms with Gasteiger partial charge in [-0.25, -0.2) is 0 Å². The maximum Gasteiger partial charge on any atom is 0.189 e. The minimum absolute atomic E-state index is 0.244. The van der Waals surface area contributed by atoms with Gasteiger partial charge in [0, 0.05) is 18.7 Å². The first-order valence-electron chi connectivity index (χ1n) is 5.34. The lowest BCUT2D eigenvalue weighted by Crippen LogP contribution is -2.10. The Morgan fingerprint density at radius 2 is 2.12 bits per heavy atom. The molecule has 0 bridgehead atoms. The molecular weight excluding hydrogens is 206 g/mol. The summed E-state index contributed by atoms with van der Waals surface area (Å²) in [5.41, 5.74) is 1.06. The van der Waals surface area contributed by atoms with Crippen molar-refractivity contribution >= 4 is 0 Å². The van der Waals surface area contributed by atoms with Crippen LogP contribution in [0.2, 0.25) is 0 Å². The van der Waals surface area contributed by atoms with E-state index in [2.05, 4.69) is 5.32 Å². The molecule has 0 amide bonds. The number of hydrogen-bond acceptors (Lipinski definition) is 4. The van der Waals surface area contributed by atoms with Gasteiger partial charge >= 0.3 is 0 Å². The Bertz CT molecular complexity index is 315. The van der Waals surface area contributed by atoms with Crippen molar-refractivity contribution in [3.63, 3.8) is 0 Å². The zero-order chi connectivity index (χ0) is 11.8. The average molecular weight is 225 g/mol. The molecule has 0 heterocycles. The molecule has 0 saturated heterocycles. The lowest BCUT2D eigenvalue weighted by molar-refractivity contribution is 0.0203. The number of para-hydroxylation sites is 1. The SMILES string of the molecule is CCOCOc1c(CNC)cccc1OC. The normalized spacial score (nSPS) is 10.2. The van der Waals surface area contributed by atoms with Crippen molar-refractivity contribution in [3.05, 3.63) is 23.8 Å². The van der Waals surface area contributed by atoms with Crippen LogP contribution in [0, 0.1) is 0 Å². The predicted molar refractivity (Wildman–Crippen MR) is 62.9 cm³/mol. The Labute approximate surface area is 96.5 Å². The predicted octanol–water partition coefficient (Wildman–Crippen LogP) is 1.79. The highest BCUT2D eigenvalue weighted by Crippen LogP contribution is 2.30. The molecule has 4 heteroatoms. The molecule has 0 fully saturated rings. The summed E-state index contributed by atoms with van der Waals surface area (Å²) in [6.45, 7) is 3.54. The van der Waals surface area contributed by atoms with Gasteiger partial charge in [0.25, 0.3) is 0 Å².